The summed E-state index contributed by atoms with van der Waals surface area (Å²) in [6.07, 6.45) is 0. The molecule has 0 aromatic heterocycles. The van der Waals surface area contributed by atoms with Crippen molar-refractivity contribution in [2.45, 2.75) is 0 Å². The Morgan fingerprint density at radius 1 is 0.850 bits per heavy atom. The number of ether oxygens (including phenoxy) is 1. The molecule has 2 heteroatoms. The van der Waals surface area contributed by atoms with Crippen LogP contribution in [0.15, 0.2) is 66.7 Å². The molecule has 0 aliphatic heterocycles. The van der Waals surface area contributed by atoms with Crippen molar-refractivity contribution < 1.29 is 9.53 Å². The van der Waals surface area contributed by atoms with E-state index in [1.165, 1.54) is 7.11 Å². The topological polar surface area (TPSA) is 26.3 Å². The zero-order valence-corrected chi connectivity index (χ0v) is 11.2. The van der Waals surface area contributed by atoms with Gasteiger partial charge in [-0.1, -0.05) is 60.7 Å². The number of benzene rings is 3. The Hall–Kier alpha value is -2.61. The number of esters is 1. The summed E-state index contributed by atoms with van der Waals surface area (Å²) in [7, 11) is 1.41. The molecule has 0 atom stereocenters. The van der Waals surface area contributed by atoms with Crippen LogP contribution in [0.4, 0.5) is 0 Å². The molecule has 2 nitrogen and oxygen atoms in total. The predicted molar refractivity (Wildman–Crippen MR) is 80.7 cm³/mol. The molecule has 3 rings (SSSR count). The molecule has 0 saturated heterocycles. The monoisotopic (exact) mass is 262 g/mol. The molecule has 3 aromatic carbocycles. The lowest BCUT2D eigenvalue weighted by molar-refractivity contribution is 0.0603. The van der Waals surface area contributed by atoms with Crippen molar-refractivity contribution in [1.82, 2.24) is 0 Å². The van der Waals surface area contributed by atoms with Crippen LogP contribution in [0.3, 0.4) is 0 Å². The lowest BCUT2D eigenvalue weighted by Crippen LogP contribution is -2.02. The molecule has 0 spiro atoms. The molecule has 20 heavy (non-hydrogen) atoms. The second kappa shape index (κ2) is 5.17. The normalized spacial score (nSPS) is 10.4. The SMILES string of the molecule is COC(=O)c1cccc2cccc(-c3ccccc3)c12. The van der Waals surface area contributed by atoms with Gasteiger partial charge in [-0.05, 0) is 22.6 Å². The molecule has 0 amide bonds. The molecule has 0 fully saturated rings. The highest BCUT2D eigenvalue weighted by molar-refractivity contribution is 6.10. The fraction of sp³-hybridized carbons (Fsp3) is 0.0556. The van der Waals surface area contributed by atoms with E-state index in [9.17, 15) is 4.79 Å². The summed E-state index contributed by atoms with van der Waals surface area (Å²) in [4.78, 5) is 12.0. The first-order valence-corrected chi connectivity index (χ1v) is 6.47. The molecule has 0 saturated carbocycles. The highest BCUT2D eigenvalue weighted by atomic mass is 16.5. The molecule has 0 aliphatic carbocycles. The number of carbonyl (C=O) groups is 1. The van der Waals surface area contributed by atoms with E-state index in [1.54, 1.807) is 6.07 Å². The van der Waals surface area contributed by atoms with Crippen LogP contribution in [0.5, 0.6) is 0 Å². The van der Waals surface area contributed by atoms with Gasteiger partial charge in [0, 0.05) is 5.39 Å². The minimum Gasteiger partial charge on any atom is -0.465 e. The predicted octanol–water partition coefficient (Wildman–Crippen LogP) is 4.29. The minimum atomic E-state index is -0.306. The Morgan fingerprint density at radius 3 is 2.25 bits per heavy atom. The van der Waals surface area contributed by atoms with E-state index >= 15 is 0 Å². The van der Waals surface area contributed by atoms with Crippen LogP contribution in [0.2, 0.25) is 0 Å². The number of carbonyl (C=O) groups excluding carboxylic acids is 1. The standard InChI is InChI=1S/C18H14O2/c1-20-18(19)16-12-6-10-14-9-5-11-15(17(14)16)13-7-3-2-4-8-13/h2-12H,1H3. The maximum atomic E-state index is 12.0. The maximum Gasteiger partial charge on any atom is 0.338 e. The van der Waals surface area contributed by atoms with E-state index in [1.807, 2.05) is 60.7 Å². The quantitative estimate of drug-likeness (QED) is 0.644. The van der Waals surface area contributed by atoms with Crippen LogP contribution < -0.4 is 0 Å². The van der Waals surface area contributed by atoms with Crippen molar-refractivity contribution in [3.63, 3.8) is 0 Å². The number of rotatable bonds is 2. The minimum absolute atomic E-state index is 0.306. The van der Waals surface area contributed by atoms with Crippen molar-refractivity contribution >= 4 is 16.7 Å². The second-order valence-corrected chi connectivity index (χ2v) is 4.57. The van der Waals surface area contributed by atoms with Crippen LogP contribution in [-0.4, -0.2) is 13.1 Å². The van der Waals surface area contributed by atoms with E-state index in [0.29, 0.717) is 5.56 Å². The molecule has 0 N–H and O–H groups in total. The third kappa shape index (κ3) is 2.05. The van der Waals surface area contributed by atoms with Gasteiger partial charge in [0.15, 0.2) is 0 Å². The van der Waals surface area contributed by atoms with Gasteiger partial charge in [-0.3, -0.25) is 0 Å². The van der Waals surface area contributed by atoms with E-state index < -0.39 is 0 Å². The van der Waals surface area contributed by atoms with Gasteiger partial charge >= 0.3 is 5.97 Å². The van der Waals surface area contributed by atoms with E-state index in [-0.39, 0.29) is 5.97 Å². The van der Waals surface area contributed by atoms with Crippen LogP contribution in [0.1, 0.15) is 10.4 Å². The fourth-order valence-corrected chi connectivity index (χ4v) is 2.48. The van der Waals surface area contributed by atoms with Crippen molar-refractivity contribution in [1.29, 1.82) is 0 Å². The molecule has 98 valence electrons. The van der Waals surface area contributed by atoms with Gasteiger partial charge in [0.25, 0.3) is 0 Å². The highest BCUT2D eigenvalue weighted by Gasteiger charge is 2.13. The van der Waals surface area contributed by atoms with Crippen molar-refractivity contribution in [3.05, 3.63) is 72.3 Å². The van der Waals surface area contributed by atoms with E-state index in [0.717, 1.165) is 21.9 Å². The Morgan fingerprint density at radius 2 is 1.55 bits per heavy atom. The zero-order valence-electron chi connectivity index (χ0n) is 11.2. The summed E-state index contributed by atoms with van der Waals surface area (Å²) >= 11 is 0. The summed E-state index contributed by atoms with van der Waals surface area (Å²) in [5, 5.41) is 1.97. The van der Waals surface area contributed by atoms with Crippen molar-refractivity contribution in [2.24, 2.45) is 0 Å². The number of hydrogen-bond donors (Lipinski definition) is 0. The first-order valence-electron chi connectivity index (χ1n) is 6.47. The van der Waals surface area contributed by atoms with Crippen molar-refractivity contribution in [3.8, 4) is 11.1 Å². The number of methoxy groups -OCH3 is 1. The van der Waals surface area contributed by atoms with Gasteiger partial charge in [-0.25, -0.2) is 4.79 Å². The molecule has 0 bridgehead atoms. The third-order valence-electron chi connectivity index (χ3n) is 3.39. The van der Waals surface area contributed by atoms with Gasteiger partial charge in [-0.15, -0.1) is 0 Å². The van der Waals surface area contributed by atoms with Crippen LogP contribution >= 0.6 is 0 Å². The zero-order chi connectivity index (χ0) is 13.9. The van der Waals surface area contributed by atoms with Crippen LogP contribution in [0.25, 0.3) is 21.9 Å². The Kier molecular flexibility index (Phi) is 3.21. The number of fused-ring (bicyclic) bond motifs is 1. The van der Waals surface area contributed by atoms with Crippen molar-refractivity contribution in [2.75, 3.05) is 7.11 Å². The average Bonchev–Trinajstić information content (AvgIpc) is 2.53. The fourth-order valence-electron chi connectivity index (χ4n) is 2.48. The first-order chi connectivity index (χ1) is 9.81. The maximum absolute atomic E-state index is 12.0. The third-order valence-corrected chi connectivity index (χ3v) is 3.39. The Bertz CT molecular complexity index is 755. The lowest BCUT2D eigenvalue weighted by atomic mass is 9.94. The van der Waals surface area contributed by atoms with Crippen LogP contribution in [0, 0.1) is 0 Å². The Balaban J connectivity index is 2.36. The summed E-state index contributed by atoms with van der Waals surface area (Å²) < 4.78 is 4.90. The summed E-state index contributed by atoms with van der Waals surface area (Å²) in [6, 6.07) is 21.8. The van der Waals surface area contributed by atoms with E-state index in [2.05, 4.69) is 0 Å². The van der Waals surface area contributed by atoms with Crippen LogP contribution in [-0.2, 0) is 4.74 Å². The molecule has 3 aromatic rings. The molecule has 0 unspecified atom stereocenters. The molecule has 0 aliphatic rings. The molecule has 0 heterocycles. The summed E-state index contributed by atoms with van der Waals surface area (Å²) in [6.45, 7) is 0. The smallest absolute Gasteiger partial charge is 0.338 e. The van der Waals surface area contributed by atoms with Gasteiger partial charge in [0.05, 0.1) is 12.7 Å². The molecule has 0 radical (unpaired) electrons. The summed E-state index contributed by atoms with van der Waals surface area (Å²) in [5.41, 5.74) is 2.74. The molecular weight excluding hydrogens is 248 g/mol. The van der Waals surface area contributed by atoms with E-state index in [4.69, 9.17) is 4.74 Å². The Labute approximate surface area is 117 Å². The molecular formula is C18H14O2. The number of hydrogen-bond acceptors (Lipinski definition) is 2. The van der Waals surface area contributed by atoms with Gasteiger partial charge in [-0.2, -0.15) is 0 Å². The van der Waals surface area contributed by atoms with Gasteiger partial charge in [0.2, 0.25) is 0 Å². The largest absolute Gasteiger partial charge is 0.465 e. The average molecular weight is 262 g/mol. The lowest BCUT2D eigenvalue weighted by Gasteiger charge is -2.10. The van der Waals surface area contributed by atoms with Gasteiger partial charge in [0.1, 0.15) is 0 Å². The highest BCUT2D eigenvalue weighted by Crippen LogP contribution is 2.31. The first kappa shape index (κ1) is 12.4. The summed E-state index contributed by atoms with van der Waals surface area (Å²) in [5.74, 6) is -0.306. The second-order valence-electron chi connectivity index (χ2n) is 4.57. The van der Waals surface area contributed by atoms with Gasteiger partial charge < -0.3 is 4.74 Å².